The summed E-state index contributed by atoms with van der Waals surface area (Å²) >= 11 is 0. The molecule has 3 heterocycles. The Hall–Kier alpha value is -2.57. The molecule has 1 saturated carbocycles. The van der Waals surface area contributed by atoms with Crippen molar-refractivity contribution in [1.82, 2.24) is 24.8 Å². The first kappa shape index (κ1) is 17.8. The second-order valence-corrected chi connectivity index (χ2v) is 7.98. The number of likely N-dealkylation sites (tertiary alicyclic amines) is 1. The van der Waals surface area contributed by atoms with E-state index in [0.717, 1.165) is 49.0 Å². The normalized spacial score (nSPS) is 24.1. The van der Waals surface area contributed by atoms with Gasteiger partial charge in [0.15, 0.2) is 0 Å². The maximum absolute atomic E-state index is 12.9. The minimum Gasteiger partial charge on any atom is -0.368 e. The van der Waals surface area contributed by atoms with E-state index in [1.807, 2.05) is 25.7 Å². The number of fused-ring (bicyclic) bond motifs is 1. The predicted octanol–water partition coefficient (Wildman–Crippen LogP) is 2.55. The summed E-state index contributed by atoms with van der Waals surface area (Å²) in [6, 6.07) is 0. The third-order valence-corrected chi connectivity index (χ3v) is 6.01. The van der Waals surface area contributed by atoms with E-state index in [2.05, 4.69) is 25.3 Å². The van der Waals surface area contributed by atoms with Crippen LogP contribution in [0.15, 0.2) is 18.6 Å². The first-order valence-electron chi connectivity index (χ1n) is 9.59. The summed E-state index contributed by atoms with van der Waals surface area (Å²) in [5, 5.41) is 3.53. The number of hydrogen-bond donors (Lipinski definition) is 1. The quantitative estimate of drug-likeness (QED) is 0.895. The molecule has 0 spiro atoms. The van der Waals surface area contributed by atoms with Gasteiger partial charge in [-0.15, -0.1) is 0 Å². The van der Waals surface area contributed by atoms with Gasteiger partial charge >= 0.3 is 0 Å². The molecule has 2 atom stereocenters. The molecule has 0 aromatic carbocycles. The molecule has 2 aromatic rings. The molecule has 0 bridgehead atoms. The highest BCUT2D eigenvalue weighted by Gasteiger charge is 2.50. The number of nitrogens with one attached hydrogen (secondary N) is 1. The topological polar surface area (TPSA) is 83.9 Å². The molecule has 142 valence electrons. The predicted molar refractivity (Wildman–Crippen MR) is 102 cm³/mol. The Morgan fingerprint density at radius 3 is 2.78 bits per heavy atom. The lowest BCUT2D eigenvalue weighted by atomic mass is 9.80. The molecule has 1 N–H and O–H groups in total. The van der Waals surface area contributed by atoms with Crippen LogP contribution in [0.25, 0.3) is 0 Å². The van der Waals surface area contributed by atoms with Crippen molar-refractivity contribution in [3.05, 3.63) is 41.4 Å². The molecule has 7 heteroatoms. The Kier molecular flexibility index (Phi) is 4.53. The molecule has 0 unspecified atom stereocenters. The SMILES string of the molecule is Cc1cnc(C(=O)N2C[C@@H]3CCC[C@]3(CNc3nc(C)cnc3C)C2)cn1. The molecule has 4 rings (SSSR count). The highest BCUT2D eigenvalue weighted by atomic mass is 16.2. The molecule has 2 aromatic heterocycles. The van der Waals surface area contributed by atoms with E-state index in [0.29, 0.717) is 11.6 Å². The molecule has 7 nitrogen and oxygen atoms in total. The second kappa shape index (κ2) is 6.87. The third kappa shape index (κ3) is 3.38. The number of carbonyl (C=O) groups is 1. The van der Waals surface area contributed by atoms with Crippen molar-refractivity contribution in [2.75, 3.05) is 25.0 Å². The number of rotatable bonds is 4. The summed E-state index contributed by atoms with van der Waals surface area (Å²) in [7, 11) is 0. The summed E-state index contributed by atoms with van der Waals surface area (Å²) in [4.78, 5) is 32.3. The lowest BCUT2D eigenvalue weighted by Gasteiger charge is -2.29. The van der Waals surface area contributed by atoms with Gasteiger partial charge in [0, 0.05) is 37.4 Å². The second-order valence-electron chi connectivity index (χ2n) is 7.98. The van der Waals surface area contributed by atoms with E-state index < -0.39 is 0 Å². The zero-order chi connectivity index (χ0) is 19.0. The number of amides is 1. The van der Waals surface area contributed by atoms with Crippen molar-refractivity contribution < 1.29 is 4.79 Å². The maximum atomic E-state index is 12.9. The van der Waals surface area contributed by atoms with Crippen molar-refractivity contribution in [1.29, 1.82) is 0 Å². The molecular weight excluding hydrogens is 340 g/mol. The number of aryl methyl sites for hydroxylation is 3. The van der Waals surface area contributed by atoms with E-state index >= 15 is 0 Å². The lowest BCUT2D eigenvalue weighted by molar-refractivity contribution is 0.0764. The fourth-order valence-electron chi connectivity index (χ4n) is 4.49. The van der Waals surface area contributed by atoms with Gasteiger partial charge in [-0.25, -0.2) is 9.97 Å². The highest BCUT2D eigenvalue weighted by molar-refractivity contribution is 5.92. The van der Waals surface area contributed by atoms with E-state index in [4.69, 9.17) is 0 Å². The fraction of sp³-hybridized carbons (Fsp3) is 0.550. The van der Waals surface area contributed by atoms with E-state index in [1.54, 1.807) is 18.6 Å². The Bertz CT molecular complexity index is 852. The van der Waals surface area contributed by atoms with Crippen LogP contribution in [0.3, 0.4) is 0 Å². The molecule has 1 aliphatic carbocycles. The lowest BCUT2D eigenvalue weighted by Crippen LogP contribution is -2.36. The van der Waals surface area contributed by atoms with Crippen LogP contribution in [0.4, 0.5) is 5.82 Å². The van der Waals surface area contributed by atoms with Crippen molar-refractivity contribution in [3.8, 4) is 0 Å². The van der Waals surface area contributed by atoms with Crippen LogP contribution in [-0.2, 0) is 0 Å². The van der Waals surface area contributed by atoms with Crippen LogP contribution in [0.1, 0.15) is 46.8 Å². The molecule has 1 saturated heterocycles. The number of anilines is 1. The fourth-order valence-corrected chi connectivity index (χ4v) is 4.49. The van der Waals surface area contributed by atoms with Gasteiger partial charge in [0.05, 0.1) is 23.3 Å². The molecule has 0 radical (unpaired) electrons. The third-order valence-electron chi connectivity index (χ3n) is 6.01. The highest BCUT2D eigenvalue weighted by Crippen LogP contribution is 2.49. The Morgan fingerprint density at radius 2 is 2.00 bits per heavy atom. The van der Waals surface area contributed by atoms with Gasteiger partial charge < -0.3 is 10.2 Å². The molecule has 2 fully saturated rings. The Morgan fingerprint density at radius 1 is 1.19 bits per heavy atom. The monoisotopic (exact) mass is 366 g/mol. The zero-order valence-electron chi connectivity index (χ0n) is 16.2. The molecule has 27 heavy (non-hydrogen) atoms. The van der Waals surface area contributed by atoms with Crippen LogP contribution in [-0.4, -0.2) is 50.4 Å². The van der Waals surface area contributed by atoms with E-state index in [1.165, 1.54) is 12.8 Å². The van der Waals surface area contributed by atoms with Crippen LogP contribution in [0.2, 0.25) is 0 Å². The van der Waals surface area contributed by atoms with Crippen LogP contribution < -0.4 is 5.32 Å². The van der Waals surface area contributed by atoms with Gasteiger partial charge in [0.1, 0.15) is 11.5 Å². The number of carbonyl (C=O) groups excluding carboxylic acids is 1. The first-order chi connectivity index (χ1) is 13.0. The van der Waals surface area contributed by atoms with Crippen molar-refractivity contribution in [3.63, 3.8) is 0 Å². The van der Waals surface area contributed by atoms with Crippen molar-refractivity contribution in [2.24, 2.45) is 11.3 Å². The number of nitrogens with zero attached hydrogens (tertiary/aromatic N) is 5. The maximum Gasteiger partial charge on any atom is 0.274 e. The molecule has 1 aliphatic heterocycles. The van der Waals surface area contributed by atoms with Crippen LogP contribution >= 0.6 is 0 Å². The van der Waals surface area contributed by atoms with Crippen molar-refractivity contribution >= 4 is 11.7 Å². The average Bonchev–Trinajstić information content (AvgIpc) is 3.20. The van der Waals surface area contributed by atoms with Gasteiger partial charge in [-0.3, -0.25) is 14.8 Å². The minimum atomic E-state index is -0.0113. The van der Waals surface area contributed by atoms with Crippen molar-refractivity contribution in [2.45, 2.75) is 40.0 Å². The number of aromatic nitrogens is 4. The van der Waals surface area contributed by atoms with Crippen LogP contribution in [0, 0.1) is 32.1 Å². The summed E-state index contributed by atoms with van der Waals surface area (Å²) in [5.41, 5.74) is 3.17. The molecule has 2 aliphatic rings. The largest absolute Gasteiger partial charge is 0.368 e. The van der Waals surface area contributed by atoms with Gasteiger partial charge in [0.2, 0.25) is 0 Å². The molecular formula is C20H26N6O. The van der Waals surface area contributed by atoms with Gasteiger partial charge in [0.25, 0.3) is 5.91 Å². The zero-order valence-corrected chi connectivity index (χ0v) is 16.2. The molecule has 1 amide bonds. The van der Waals surface area contributed by atoms with Gasteiger partial charge in [-0.2, -0.15) is 0 Å². The smallest absolute Gasteiger partial charge is 0.274 e. The Balaban J connectivity index is 1.49. The standard InChI is InChI=1S/C20H26N6O/c1-13-7-23-17(9-21-13)19(27)26-10-16-5-4-6-20(16,12-26)11-24-18-15(3)22-8-14(2)25-18/h7-9,16H,4-6,10-12H2,1-3H3,(H,24,25)/t16-,20-/m0/s1. The van der Waals surface area contributed by atoms with E-state index in [9.17, 15) is 4.79 Å². The number of hydrogen-bond acceptors (Lipinski definition) is 6. The summed E-state index contributed by atoms with van der Waals surface area (Å²) in [5.74, 6) is 1.36. The summed E-state index contributed by atoms with van der Waals surface area (Å²) in [6.07, 6.45) is 8.55. The minimum absolute atomic E-state index is 0.0113. The van der Waals surface area contributed by atoms with E-state index in [-0.39, 0.29) is 11.3 Å². The summed E-state index contributed by atoms with van der Waals surface area (Å²) in [6.45, 7) is 8.18. The first-order valence-corrected chi connectivity index (χ1v) is 9.59. The van der Waals surface area contributed by atoms with Gasteiger partial charge in [-0.05, 0) is 39.5 Å². The summed E-state index contributed by atoms with van der Waals surface area (Å²) < 4.78 is 0. The van der Waals surface area contributed by atoms with Crippen LogP contribution in [0.5, 0.6) is 0 Å². The average molecular weight is 366 g/mol. The Labute approximate surface area is 159 Å². The van der Waals surface area contributed by atoms with Gasteiger partial charge in [-0.1, -0.05) is 6.42 Å².